The van der Waals surface area contributed by atoms with Gasteiger partial charge in [0.15, 0.2) is 0 Å². The molecule has 0 aromatic heterocycles. The van der Waals surface area contributed by atoms with Crippen LogP contribution >= 0.6 is 0 Å². The van der Waals surface area contributed by atoms with Gasteiger partial charge in [-0.1, -0.05) is 38.1 Å². The van der Waals surface area contributed by atoms with Gasteiger partial charge in [0.2, 0.25) is 0 Å². The largest absolute Gasteiger partial charge is 0.324 e. The van der Waals surface area contributed by atoms with E-state index in [0.717, 1.165) is 13.1 Å². The van der Waals surface area contributed by atoms with Gasteiger partial charge in [-0.05, 0) is 44.4 Å². The number of likely N-dealkylation sites (N-methyl/N-ethyl adjacent to an activating group) is 1. The number of nitrogens with two attached hydrogens (primary N) is 1. The fourth-order valence-corrected chi connectivity index (χ4v) is 2.25. The van der Waals surface area contributed by atoms with Crippen LogP contribution in [0.25, 0.3) is 0 Å². The van der Waals surface area contributed by atoms with Crippen LogP contribution in [0.4, 0.5) is 0 Å². The zero-order valence-corrected chi connectivity index (χ0v) is 12.5. The summed E-state index contributed by atoms with van der Waals surface area (Å²) in [4.78, 5) is 2.28. The van der Waals surface area contributed by atoms with Gasteiger partial charge in [0.25, 0.3) is 0 Å². The third-order valence-corrected chi connectivity index (χ3v) is 3.29. The normalized spacial score (nSPS) is 13.9. The second kappa shape index (κ2) is 6.35. The summed E-state index contributed by atoms with van der Waals surface area (Å²) in [7, 11) is 2.12. The quantitative estimate of drug-likeness (QED) is 0.836. The van der Waals surface area contributed by atoms with Crippen molar-refractivity contribution < 1.29 is 0 Å². The first-order valence-corrected chi connectivity index (χ1v) is 6.88. The van der Waals surface area contributed by atoms with Crippen molar-refractivity contribution in [2.24, 2.45) is 5.73 Å². The van der Waals surface area contributed by atoms with Crippen molar-refractivity contribution in [3.05, 3.63) is 35.4 Å². The summed E-state index contributed by atoms with van der Waals surface area (Å²) in [5, 5.41) is 0. The highest BCUT2D eigenvalue weighted by atomic mass is 15.1. The predicted octanol–water partition coefficient (Wildman–Crippen LogP) is 3.37. The summed E-state index contributed by atoms with van der Waals surface area (Å²) in [5.41, 5.74) is 8.69. The molecule has 0 aliphatic carbocycles. The Balaban J connectivity index is 2.58. The average molecular weight is 248 g/mol. The molecule has 0 amide bonds. The number of benzene rings is 1. The Bertz CT molecular complexity index is 348. The minimum atomic E-state index is -0.134. The third kappa shape index (κ3) is 5.19. The molecule has 18 heavy (non-hydrogen) atoms. The maximum absolute atomic E-state index is 6.03. The Morgan fingerprint density at radius 3 is 2.22 bits per heavy atom. The topological polar surface area (TPSA) is 29.3 Å². The molecule has 102 valence electrons. The van der Waals surface area contributed by atoms with Crippen LogP contribution in [0, 0.1) is 0 Å². The molecule has 0 spiro atoms. The Labute approximate surface area is 112 Å². The molecule has 0 saturated carbocycles. The fraction of sp³-hybridized carbons (Fsp3) is 0.625. The molecule has 2 nitrogen and oxygen atoms in total. The van der Waals surface area contributed by atoms with E-state index in [2.05, 4.69) is 63.9 Å². The van der Waals surface area contributed by atoms with Crippen LogP contribution in [-0.2, 0) is 6.54 Å². The average Bonchev–Trinajstić information content (AvgIpc) is 2.26. The van der Waals surface area contributed by atoms with Gasteiger partial charge in [-0.15, -0.1) is 0 Å². The van der Waals surface area contributed by atoms with Crippen LogP contribution in [0.1, 0.15) is 51.2 Å². The van der Waals surface area contributed by atoms with E-state index < -0.39 is 0 Å². The van der Waals surface area contributed by atoms with E-state index in [0.29, 0.717) is 5.92 Å². The molecule has 2 N–H and O–H groups in total. The van der Waals surface area contributed by atoms with Gasteiger partial charge < -0.3 is 10.6 Å². The number of hydrogen-bond acceptors (Lipinski definition) is 2. The van der Waals surface area contributed by atoms with Gasteiger partial charge in [0.1, 0.15) is 0 Å². The van der Waals surface area contributed by atoms with E-state index >= 15 is 0 Å². The van der Waals surface area contributed by atoms with E-state index in [1.165, 1.54) is 17.5 Å². The summed E-state index contributed by atoms with van der Waals surface area (Å²) < 4.78 is 0. The minimum Gasteiger partial charge on any atom is -0.324 e. The molecule has 0 aliphatic heterocycles. The second-order valence-corrected chi connectivity index (χ2v) is 6.21. The highest BCUT2D eigenvalue weighted by Gasteiger charge is 2.13. The monoisotopic (exact) mass is 248 g/mol. The smallest absolute Gasteiger partial charge is 0.0231 e. The zero-order valence-electron chi connectivity index (χ0n) is 12.5. The van der Waals surface area contributed by atoms with Crippen LogP contribution in [0.2, 0.25) is 0 Å². The molecule has 0 heterocycles. The summed E-state index contributed by atoms with van der Waals surface area (Å²) >= 11 is 0. The van der Waals surface area contributed by atoms with Crippen molar-refractivity contribution >= 4 is 0 Å². The van der Waals surface area contributed by atoms with E-state index in [1.807, 2.05) is 0 Å². The molecule has 0 radical (unpaired) electrons. The number of rotatable bonds is 6. The summed E-state index contributed by atoms with van der Waals surface area (Å²) in [6, 6.07) is 8.98. The number of nitrogens with zero attached hydrogens (tertiary/aromatic N) is 1. The predicted molar refractivity (Wildman–Crippen MR) is 79.7 cm³/mol. The molecule has 1 atom stereocenters. The van der Waals surface area contributed by atoms with E-state index in [9.17, 15) is 0 Å². The van der Waals surface area contributed by atoms with Crippen molar-refractivity contribution in [2.45, 2.75) is 52.1 Å². The fourth-order valence-electron chi connectivity index (χ4n) is 2.25. The lowest BCUT2D eigenvalue weighted by atomic mass is 9.97. The maximum atomic E-state index is 6.03. The molecular formula is C16H28N2. The number of hydrogen-bond donors (Lipinski definition) is 1. The zero-order chi connectivity index (χ0) is 13.8. The van der Waals surface area contributed by atoms with Crippen molar-refractivity contribution in [3.63, 3.8) is 0 Å². The van der Waals surface area contributed by atoms with Gasteiger partial charge in [-0.25, -0.2) is 0 Å². The molecule has 0 saturated heterocycles. The van der Waals surface area contributed by atoms with Crippen molar-refractivity contribution in [2.75, 3.05) is 13.6 Å². The first-order chi connectivity index (χ1) is 8.31. The lowest BCUT2D eigenvalue weighted by Crippen LogP contribution is -2.43. The first kappa shape index (κ1) is 15.2. The SMILES string of the molecule is CCC(C)c1ccc(CN(C)CC(C)(C)N)cc1. The third-order valence-electron chi connectivity index (χ3n) is 3.29. The Morgan fingerprint density at radius 1 is 1.22 bits per heavy atom. The van der Waals surface area contributed by atoms with Gasteiger partial charge in [-0.3, -0.25) is 0 Å². The van der Waals surface area contributed by atoms with Crippen LogP contribution < -0.4 is 5.73 Å². The standard InChI is InChI=1S/C16H28N2/c1-6-13(2)15-9-7-14(8-10-15)11-18(5)12-16(3,4)17/h7-10,13H,6,11-12,17H2,1-5H3. The molecule has 0 aliphatic rings. The summed E-state index contributed by atoms with van der Waals surface area (Å²) in [6.45, 7) is 10.5. The molecule has 0 bridgehead atoms. The molecule has 1 unspecified atom stereocenters. The van der Waals surface area contributed by atoms with Gasteiger partial charge in [0, 0.05) is 18.6 Å². The molecule has 1 aromatic rings. The van der Waals surface area contributed by atoms with Gasteiger partial charge in [-0.2, -0.15) is 0 Å². The Morgan fingerprint density at radius 2 is 1.78 bits per heavy atom. The molecule has 2 heteroatoms. The lowest BCUT2D eigenvalue weighted by molar-refractivity contribution is 0.263. The van der Waals surface area contributed by atoms with E-state index in [-0.39, 0.29) is 5.54 Å². The van der Waals surface area contributed by atoms with E-state index in [1.54, 1.807) is 0 Å². The van der Waals surface area contributed by atoms with Crippen LogP contribution in [-0.4, -0.2) is 24.0 Å². The summed E-state index contributed by atoms with van der Waals surface area (Å²) in [6.07, 6.45) is 1.20. The summed E-state index contributed by atoms with van der Waals surface area (Å²) in [5.74, 6) is 0.653. The van der Waals surface area contributed by atoms with Crippen molar-refractivity contribution in [1.29, 1.82) is 0 Å². The molecule has 0 fully saturated rings. The van der Waals surface area contributed by atoms with Crippen LogP contribution in [0.15, 0.2) is 24.3 Å². The minimum absolute atomic E-state index is 0.134. The van der Waals surface area contributed by atoms with Crippen molar-refractivity contribution in [3.8, 4) is 0 Å². The highest BCUT2D eigenvalue weighted by molar-refractivity contribution is 5.24. The van der Waals surface area contributed by atoms with Gasteiger partial charge >= 0.3 is 0 Å². The Hall–Kier alpha value is -0.860. The van der Waals surface area contributed by atoms with Gasteiger partial charge in [0.05, 0.1) is 0 Å². The second-order valence-electron chi connectivity index (χ2n) is 6.21. The van der Waals surface area contributed by atoms with E-state index in [4.69, 9.17) is 5.73 Å². The Kier molecular flexibility index (Phi) is 5.36. The lowest BCUT2D eigenvalue weighted by Gasteiger charge is -2.26. The van der Waals surface area contributed by atoms with Crippen LogP contribution in [0.5, 0.6) is 0 Å². The highest BCUT2D eigenvalue weighted by Crippen LogP contribution is 2.19. The maximum Gasteiger partial charge on any atom is 0.0231 e. The first-order valence-electron chi connectivity index (χ1n) is 6.88. The molecular weight excluding hydrogens is 220 g/mol. The van der Waals surface area contributed by atoms with Crippen LogP contribution in [0.3, 0.4) is 0 Å². The molecule has 1 rings (SSSR count). The molecule has 1 aromatic carbocycles. The van der Waals surface area contributed by atoms with Crippen molar-refractivity contribution in [1.82, 2.24) is 4.90 Å².